The second-order valence-electron chi connectivity index (χ2n) is 6.68. The van der Waals surface area contributed by atoms with Gasteiger partial charge in [-0.15, -0.1) is 5.10 Å². The SMILES string of the molecule is O=C1C(=Nc2cccc(O)c2)C(n2nnc3ccccc32)C(=O)c2ccccc21. The van der Waals surface area contributed by atoms with Crippen molar-refractivity contribution in [2.24, 2.45) is 4.99 Å². The van der Waals surface area contributed by atoms with Gasteiger partial charge in [0.25, 0.3) is 0 Å². The Morgan fingerprint density at radius 3 is 2.48 bits per heavy atom. The number of ketones is 2. The van der Waals surface area contributed by atoms with Crippen LogP contribution in [-0.4, -0.2) is 37.4 Å². The minimum Gasteiger partial charge on any atom is -0.508 e. The third kappa shape index (κ3) is 2.71. The third-order valence-electron chi connectivity index (χ3n) is 4.88. The van der Waals surface area contributed by atoms with Crippen LogP contribution in [0.3, 0.4) is 0 Å². The van der Waals surface area contributed by atoms with Crippen molar-refractivity contribution in [3.8, 4) is 5.75 Å². The van der Waals surface area contributed by atoms with E-state index in [9.17, 15) is 14.7 Å². The molecule has 0 bridgehead atoms. The number of benzene rings is 3. The highest BCUT2D eigenvalue weighted by Gasteiger charge is 2.41. The Morgan fingerprint density at radius 2 is 1.66 bits per heavy atom. The maximum absolute atomic E-state index is 13.4. The molecule has 1 N–H and O–H groups in total. The highest BCUT2D eigenvalue weighted by Crippen LogP contribution is 2.31. The number of nitrogens with zero attached hydrogens (tertiary/aromatic N) is 4. The lowest BCUT2D eigenvalue weighted by Gasteiger charge is -2.24. The van der Waals surface area contributed by atoms with Crippen molar-refractivity contribution in [3.63, 3.8) is 0 Å². The predicted molar refractivity (Wildman–Crippen MR) is 107 cm³/mol. The molecule has 1 unspecified atom stereocenters. The maximum atomic E-state index is 13.4. The van der Waals surface area contributed by atoms with Gasteiger partial charge in [-0.3, -0.25) is 9.59 Å². The van der Waals surface area contributed by atoms with E-state index in [0.717, 1.165) is 0 Å². The number of hydrogen-bond donors (Lipinski definition) is 1. The standard InChI is InChI=1S/C22H14N4O3/c27-14-7-5-6-13(12-14)23-19-20(26-18-11-4-3-10-17(18)24-25-26)22(29)16-9-2-1-8-15(16)21(19)28/h1-12,20,27H. The Labute approximate surface area is 164 Å². The lowest BCUT2D eigenvalue weighted by molar-refractivity contribution is 0.0919. The summed E-state index contributed by atoms with van der Waals surface area (Å²) in [6, 6.07) is 19.1. The molecular formula is C22H14N4O3. The van der Waals surface area contributed by atoms with Crippen LogP contribution < -0.4 is 0 Å². The summed E-state index contributed by atoms with van der Waals surface area (Å²) in [6.07, 6.45) is 0. The van der Waals surface area contributed by atoms with Gasteiger partial charge in [0.05, 0.1) is 11.2 Å². The largest absolute Gasteiger partial charge is 0.508 e. The summed E-state index contributed by atoms with van der Waals surface area (Å²) >= 11 is 0. The predicted octanol–water partition coefficient (Wildman–Crippen LogP) is 3.53. The molecule has 1 aromatic heterocycles. The van der Waals surface area contributed by atoms with E-state index < -0.39 is 6.04 Å². The quantitative estimate of drug-likeness (QED) is 0.572. The van der Waals surface area contributed by atoms with Crippen LogP contribution in [0.1, 0.15) is 26.8 Å². The first-order chi connectivity index (χ1) is 14.1. The zero-order chi connectivity index (χ0) is 20.0. The second-order valence-corrected chi connectivity index (χ2v) is 6.68. The third-order valence-corrected chi connectivity index (χ3v) is 4.88. The van der Waals surface area contributed by atoms with Crippen LogP contribution >= 0.6 is 0 Å². The Bertz CT molecular complexity index is 1320. The number of Topliss-reactive ketones (excluding diaryl/α,β-unsaturated/α-hetero) is 2. The fourth-order valence-electron chi connectivity index (χ4n) is 3.55. The zero-order valence-electron chi connectivity index (χ0n) is 15.1. The van der Waals surface area contributed by atoms with Crippen molar-refractivity contribution in [1.82, 2.24) is 15.0 Å². The van der Waals surface area contributed by atoms with E-state index in [2.05, 4.69) is 15.3 Å². The van der Waals surface area contributed by atoms with Crippen molar-refractivity contribution in [1.29, 1.82) is 0 Å². The van der Waals surface area contributed by atoms with E-state index in [4.69, 9.17) is 0 Å². The molecule has 0 fully saturated rings. The molecule has 7 heteroatoms. The monoisotopic (exact) mass is 382 g/mol. The van der Waals surface area contributed by atoms with Gasteiger partial charge in [0.2, 0.25) is 5.78 Å². The number of aromatic hydroxyl groups is 1. The zero-order valence-corrected chi connectivity index (χ0v) is 15.1. The van der Waals surface area contributed by atoms with Crippen molar-refractivity contribution < 1.29 is 14.7 Å². The van der Waals surface area contributed by atoms with E-state index >= 15 is 0 Å². The molecule has 5 rings (SSSR count). The summed E-state index contributed by atoms with van der Waals surface area (Å²) in [5.74, 6) is -0.618. The van der Waals surface area contributed by atoms with Crippen LogP contribution in [0, 0.1) is 0 Å². The van der Waals surface area contributed by atoms with Crippen LogP contribution in [0.15, 0.2) is 77.8 Å². The summed E-state index contributed by atoms with van der Waals surface area (Å²) in [7, 11) is 0. The highest BCUT2D eigenvalue weighted by atomic mass is 16.3. The first kappa shape index (κ1) is 17.0. The van der Waals surface area contributed by atoms with Crippen LogP contribution in [0.2, 0.25) is 0 Å². The van der Waals surface area contributed by atoms with Gasteiger partial charge in [-0.05, 0) is 24.3 Å². The average Bonchev–Trinajstić information content (AvgIpc) is 3.16. The molecule has 1 heterocycles. The number of para-hydroxylation sites is 1. The molecule has 4 aromatic rings. The molecule has 1 atom stereocenters. The minimum absolute atomic E-state index is 0.0181. The first-order valence-electron chi connectivity index (χ1n) is 8.99. The maximum Gasteiger partial charge on any atom is 0.210 e. The number of phenolic OH excluding ortho intramolecular Hbond substituents is 1. The Morgan fingerprint density at radius 1 is 0.897 bits per heavy atom. The number of rotatable bonds is 2. The molecule has 0 spiro atoms. The molecular weight excluding hydrogens is 368 g/mol. The van der Waals surface area contributed by atoms with Gasteiger partial charge in [-0.1, -0.05) is 47.7 Å². The van der Waals surface area contributed by atoms with Crippen LogP contribution in [0.4, 0.5) is 5.69 Å². The van der Waals surface area contributed by atoms with Gasteiger partial charge in [-0.2, -0.15) is 0 Å². The number of carbonyl (C=O) groups excluding carboxylic acids is 2. The lowest BCUT2D eigenvalue weighted by atomic mass is 9.84. The molecule has 0 saturated carbocycles. The molecule has 0 aliphatic heterocycles. The Balaban J connectivity index is 1.77. The molecule has 0 amide bonds. The van der Waals surface area contributed by atoms with E-state index in [1.165, 1.54) is 16.8 Å². The molecule has 0 radical (unpaired) electrons. The molecule has 1 aliphatic rings. The second kappa shape index (κ2) is 6.49. The van der Waals surface area contributed by atoms with Crippen molar-refractivity contribution >= 4 is 34.0 Å². The van der Waals surface area contributed by atoms with Crippen molar-refractivity contribution in [2.75, 3.05) is 0 Å². The number of aromatic nitrogens is 3. The normalized spacial score (nSPS) is 17.7. The fraction of sp³-hybridized carbons (Fsp3) is 0.0455. The first-order valence-corrected chi connectivity index (χ1v) is 8.99. The number of fused-ring (bicyclic) bond motifs is 2. The molecule has 1 aliphatic carbocycles. The summed E-state index contributed by atoms with van der Waals surface area (Å²) in [5, 5.41) is 18.0. The van der Waals surface area contributed by atoms with Gasteiger partial charge in [0.1, 0.15) is 17.0 Å². The number of carbonyl (C=O) groups is 2. The van der Waals surface area contributed by atoms with Gasteiger partial charge in [0, 0.05) is 17.2 Å². The van der Waals surface area contributed by atoms with Crippen molar-refractivity contribution in [2.45, 2.75) is 6.04 Å². The number of phenols is 1. The number of hydrogen-bond acceptors (Lipinski definition) is 6. The van der Waals surface area contributed by atoms with E-state index in [0.29, 0.717) is 27.8 Å². The molecule has 0 saturated heterocycles. The van der Waals surface area contributed by atoms with Gasteiger partial charge >= 0.3 is 0 Å². The van der Waals surface area contributed by atoms with Crippen LogP contribution in [0.5, 0.6) is 5.75 Å². The minimum atomic E-state index is -1.05. The van der Waals surface area contributed by atoms with E-state index in [1.54, 1.807) is 48.5 Å². The Hall–Kier alpha value is -4.13. The van der Waals surface area contributed by atoms with Gasteiger partial charge in [0.15, 0.2) is 11.8 Å². The van der Waals surface area contributed by atoms with E-state index in [1.807, 2.05) is 12.1 Å². The Kier molecular flexibility index (Phi) is 3.80. The lowest BCUT2D eigenvalue weighted by Crippen LogP contribution is -2.39. The topological polar surface area (TPSA) is 97.4 Å². The number of aliphatic imine (C=N–C) groups is 1. The molecule has 7 nitrogen and oxygen atoms in total. The van der Waals surface area contributed by atoms with Crippen LogP contribution in [-0.2, 0) is 0 Å². The van der Waals surface area contributed by atoms with E-state index in [-0.39, 0.29) is 23.0 Å². The summed E-state index contributed by atoms with van der Waals surface area (Å²) in [4.78, 5) is 31.1. The summed E-state index contributed by atoms with van der Waals surface area (Å²) < 4.78 is 1.44. The molecule has 3 aromatic carbocycles. The molecule has 140 valence electrons. The van der Waals surface area contributed by atoms with Crippen molar-refractivity contribution in [3.05, 3.63) is 83.9 Å². The summed E-state index contributed by atoms with van der Waals surface area (Å²) in [5.41, 5.74) is 2.28. The van der Waals surface area contributed by atoms with Gasteiger partial charge < -0.3 is 5.11 Å². The van der Waals surface area contributed by atoms with Crippen LogP contribution in [0.25, 0.3) is 11.0 Å². The van der Waals surface area contributed by atoms with Gasteiger partial charge in [-0.25, -0.2) is 9.67 Å². The molecule has 29 heavy (non-hydrogen) atoms. The highest BCUT2D eigenvalue weighted by molar-refractivity contribution is 6.54. The smallest absolute Gasteiger partial charge is 0.210 e. The average molecular weight is 382 g/mol. The summed E-state index contributed by atoms with van der Waals surface area (Å²) in [6.45, 7) is 0. The fourth-order valence-corrected chi connectivity index (χ4v) is 3.55.